The summed E-state index contributed by atoms with van der Waals surface area (Å²) in [5.74, 6) is 1.53. The number of nitrogens with zero attached hydrogens (tertiary/aromatic N) is 3. The van der Waals surface area contributed by atoms with Crippen LogP contribution in [-0.2, 0) is 6.42 Å². The second kappa shape index (κ2) is 4.69. The van der Waals surface area contributed by atoms with E-state index in [4.69, 9.17) is 0 Å². The summed E-state index contributed by atoms with van der Waals surface area (Å²) in [5, 5.41) is 8.92. The van der Waals surface area contributed by atoms with Crippen LogP contribution in [0.2, 0.25) is 0 Å². The zero-order valence-electron chi connectivity index (χ0n) is 9.36. The number of aromatic amines is 1. The Hall–Kier alpha value is -1.30. The van der Waals surface area contributed by atoms with Gasteiger partial charge in [0.05, 0.1) is 0 Å². The lowest BCUT2D eigenvalue weighted by molar-refractivity contribution is 0.849. The van der Waals surface area contributed by atoms with Gasteiger partial charge < -0.3 is 0 Å². The summed E-state index contributed by atoms with van der Waals surface area (Å²) in [6.07, 6.45) is 1.88. The van der Waals surface area contributed by atoms with Crippen molar-refractivity contribution in [2.45, 2.75) is 31.8 Å². The Morgan fingerprint density at radius 1 is 1.44 bits per heavy atom. The van der Waals surface area contributed by atoms with E-state index in [9.17, 15) is 4.79 Å². The maximum absolute atomic E-state index is 11.3. The van der Waals surface area contributed by atoms with E-state index in [1.54, 1.807) is 17.8 Å². The van der Waals surface area contributed by atoms with Gasteiger partial charge >= 0.3 is 0 Å². The third-order valence-electron chi connectivity index (χ3n) is 2.25. The standard InChI is InChI=1S/C10H14N4OS/c1-3-5-16-10-13-12-9-11-8(15)6-7(4-2)14(9)10/h6H,3-5H2,1-2H3,(H,11,12,15). The van der Waals surface area contributed by atoms with Crippen molar-refractivity contribution in [3.8, 4) is 0 Å². The molecule has 0 aromatic carbocycles. The molecular weight excluding hydrogens is 224 g/mol. The first-order chi connectivity index (χ1) is 7.76. The van der Waals surface area contributed by atoms with E-state index >= 15 is 0 Å². The molecule has 2 aromatic rings. The quantitative estimate of drug-likeness (QED) is 0.819. The number of nitrogens with one attached hydrogen (secondary N) is 1. The average Bonchev–Trinajstić information content (AvgIpc) is 2.68. The van der Waals surface area contributed by atoms with Crippen LogP contribution >= 0.6 is 11.8 Å². The molecule has 0 bridgehead atoms. The number of hydrogen-bond acceptors (Lipinski definition) is 4. The van der Waals surface area contributed by atoms with Gasteiger partial charge in [-0.25, -0.2) is 0 Å². The fourth-order valence-electron chi connectivity index (χ4n) is 1.52. The Balaban J connectivity index is 2.56. The molecule has 1 N–H and O–H groups in total. The molecule has 0 aliphatic rings. The van der Waals surface area contributed by atoms with Crippen LogP contribution in [0.5, 0.6) is 0 Å². The SMILES string of the molecule is CCCSc1nnc2[nH]c(=O)cc(CC)n12. The molecule has 0 amide bonds. The summed E-state index contributed by atoms with van der Waals surface area (Å²) in [7, 11) is 0. The predicted octanol–water partition coefficient (Wildman–Crippen LogP) is 1.48. The summed E-state index contributed by atoms with van der Waals surface area (Å²) in [6.45, 7) is 4.14. The highest BCUT2D eigenvalue weighted by Crippen LogP contribution is 2.17. The normalized spacial score (nSPS) is 11.1. The fourth-order valence-corrected chi connectivity index (χ4v) is 2.34. The van der Waals surface area contributed by atoms with E-state index in [2.05, 4.69) is 22.1 Å². The molecule has 0 unspecified atom stereocenters. The second-order valence-corrected chi connectivity index (χ2v) is 4.53. The van der Waals surface area contributed by atoms with Crippen molar-refractivity contribution in [2.24, 2.45) is 0 Å². The summed E-state index contributed by atoms with van der Waals surface area (Å²) >= 11 is 1.66. The van der Waals surface area contributed by atoms with Gasteiger partial charge in [0.25, 0.3) is 5.56 Å². The minimum atomic E-state index is -0.121. The van der Waals surface area contributed by atoms with Gasteiger partial charge in [0, 0.05) is 17.5 Å². The van der Waals surface area contributed by atoms with Crippen LogP contribution in [0, 0.1) is 0 Å². The van der Waals surface area contributed by atoms with E-state index < -0.39 is 0 Å². The van der Waals surface area contributed by atoms with Gasteiger partial charge in [0.1, 0.15) is 0 Å². The maximum Gasteiger partial charge on any atom is 0.252 e. The zero-order valence-corrected chi connectivity index (χ0v) is 10.2. The molecule has 0 saturated heterocycles. The van der Waals surface area contributed by atoms with Crippen LogP contribution in [-0.4, -0.2) is 25.3 Å². The molecule has 6 heteroatoms. The maximum atomic E-state index is 11.3. The topological polar surface area (TPSA) is 63.0 Å². The van der Waals surface area contributed by atoms with Crippen molar-refractivity contribution in [2.75, 3.05) is 5.75 Å². The van der Waals surface area contributed by atoms with Crippen molar-refractivity contribution < 1.29 is 0 Å². The first-order valence-electron chi connectivity index (χ1n) is 5.36. The van der Waals surface area contributed by atoms with Gasteiger partial charge in [0.15, 0.2) is 5.16 Å². The van der Waals surface area contributed by atoms with Crippen LogP contribution in [0.25, 0.3) is 5.78 Å². The largest absolute Gasteiger partial charge is 0.291 e. The highest BCUT2D eigenvalue weighted by atomic mass is 32.2. The summed E-state index contributed by atoms with van der Waals surface area (Å²) < 4.78 is 1.92. The number of rotatable bonds is 4. The van der Waals surface area contributed by atoms with E-state index in [1.807, 2.05) is 11.3 Å². The van der Waals surface area contributed by atoms with Gasteiger partial charge in [-0.3, -0.25) is 14.2 Å². The molecule has 16 heavy (non-hydrogen) atoms. The molecular formula is C10H14N4OS. The summed E-state index contributed by atoms with van der Waals surface area (Å²) in [5.41, 5.74) is 0.825. The Morgan fingerprint density at radius 2 is 2.25 bits per heavy atom. The molecule has 0 aliphatic heterocycles. The highest BCUT2D eigenvalue weighted by molar-refractivity contribution is 7.99. The lowest BCUT2D eigenvalue weighted by atomic mass is 10.3. The highest BCUT2D eigenvalue weighted by Gasteiger charge is 2.09. The fraction of sp³-hybridized carbons (Fsp3) is 0.500. The van der Waals surface area contributed by atoms with Gasteiger partial charge in [-0.1, -0.05) is 25.6 Å². The summed E-state index contributed by atoms with van der Waals surface area (Å²) in [4.78, 5) is 14.0. The molecule has 2 heterocycles. The van der Waals surface area contributed by atoms with Crippen LogP contribution in [0.15, 0.2) is 16.0 Å². The molecule has 0 spiro atoms. The predicted molar refractivity (Wildman–Crippen MR) is 64.0 cm³/mol. The third kappa shape index (κ3) is 1.97. The minimum Gasteiger partial charge on any atom is -0.291 e. The van der Waals surface area contributed by atoms with Gasteiger partial charge in [-0.05, 0) is 12.8 Å². The van der Waals surface area contributed by atoms with E-state index in [-0.39, 0.29) is 5.56 Å². The molecule has 0 radical (unpaired) electrons. The van der Waals surface area contributed by atoms with Crippen molar-refractivity contribution in [1.82, 2.24) is 19.6 Å². The number of thioether (sulfide) groups is 1. The van der Waals surface area contributed by atoms with Crippen molar-refractivity contribution in [3.63, 3.8) is 0 Å². The second-order valence-electron chi connectivity index (χ2n) is 3.47. The van der Waals surface area contributed by atoms with Crippen molar-refractivity contribution >= 4 is 17.5 Å². The first-order valence-corrected chi connectivity index (χ1v) is 6.35. The van der Waals surface area contributed by atoms with Gasteiger partial charge in [0.2, 0.25) is 5.78 Å². The molecule has 0 saturated carbocycles. The monoisotopic (exact) mass is 238 g/mol. The molecule has 5 nitrogen and oxygen atoms in total. The number of aryl methyl sites for hydroxylation is 1. The van der Waals surface area contributed by atoms with Crippen molar-refractivity contribution in [3.05, 3.63) is 22.1 Å². The first kappa shape index (κ1) is 11.2. The number of hydrogen-bond donors (Lipinski definition) is 1. The number of H-pyrrole nitrogens is 1. The summed E-state index contributed by atoms with van der Waals surface area (Å²) in [6, 6.07) is 1.60. The van der Waals surface area contributed by atoms with Crippen LogP contribution in [0.3, 0.4) is 0 Å². The lowest BCUT2D eigenvalue weighted by Gasteiger charge is -2.03. The molecule has 86 valence electrons. The third-order valence-corrected chi connectivity index (χ3v) is 3.39. The van der Waals surface area contributed by atoms with Crippen LogP contribution < -0.4 is 5.56 Å². The molecule has 2 aromatic heterocycles. The van der Waals surface area contributed by atoms with E-state index in [0.29, 0.717) is 5.78 Å². The number of aromatic nitrogens is 4. The average molecular weight is 238 g/mol. The smallest absolute Gasteiger partial charge is 0.252 e. The van der Waals surface area contributed by atoms with Gasteiger partial charge in [-0.2, -0.15) is 0 Å². The van der Waals surface area contributed by atoms with Crippen LogP contribution in [0.4, 0.5) is 0 Å². The molecule has 0 fully saturated rings. The number of fused-ring (bicyclic) bond motifs is 1. The Kier molecular flexibility index (Phi) is 3.28. The molecule has 0 atom stereocenters. The Bertz CT molecular complexity index is 545. The van der Waals surface area contributed by atoms with Crippen LogP contribution in [0.1, 0.15) is 26.0 Å². The Morgan fingerprint density at radius 3 is 2.94 bits per heavy atom. The van der Waals surface area contributed by atoms with Gasteiger partial charge in [-0.15, -0.1) is 10.2 Å². The van der Waals surface area contributed by atoms with E-state index in [0.717, 1.165) is 29.4 Å². The zero-order chi connectivity index (χ0) is 11.5. The molecule has 0 aliphatic carbocycles. The Labute approximate surface area is 97.3 Å². The van der Waals surface area contributed by atoms with Crippen molar-refractivity contribution in [1.29, 1.82) is 0 Å². The minimum absolute atomic E-state index is 0.121. The van der Waals surface area contributed by atoms with E-state index in [1.165, 1.54) is 0 Å². The molecule has 2 rings (SSSR count). The lowest BCUT2D eigenvalue weighted by Crippen LogP contribution is -2.11.